The van der Waals surface area contributed by atoms with Gasteiger partial charge < -0.3 is 10.6 Å². The third kappa shape index (κ3) is 5.29. The summed E-state index contributed by atoms with van der Waals surface area (Å²) < 4.78 is 0.976. The van der Waals surface area contributed by atoms with E-state index in [-0.39, 0.29) is 24.2 Å². The molecule has 0 radical (unpaired) electrons. The summed E-state index contributed by atoms with van der Waals surface area (Å²) >= 11 is 3.44. The van der Waals surface area contributed by atoms with Gasteiger partial charge in [-0.15, -0.1) is 12.4 Å². The number of halogens is 2. The van der Waals surface area contributed by atoms with Crippen molar-refractivity contribution in [1.82, 2.24) is 4.98 Å². The molecule has 5 nitrogen and oxygen atoms in total. The van der Waals surface area contributed by atoms with E-state index in [4.69, 9.17) is 4.98 Å². The highest BCUT2D eigenvalue weighted by molar-refractivity contribution is 9.10. The van der Waals surface area contributed by atoms with E-state index in [1.165, 1.54) is 6.92 Å². The van der Waals surface area contributed by atoms with E-state index in [9.17, 15) is 9.59 Å². The summed E-state index contributed by atoms with van der Waals surface area (Å²) in [6, 6.07) is 24.2. The van der Waals surface area contributed by atoms with Crippen LogP contribution >= 0.6 is 28.3 Å². The minimum absolute atomic E-state index is 0. The van der Waals surface area contributed by atoms with Crippen molar-refractivity contribution in [2.75, 3.05) is 10.6 Å². The maximum absolute atomic E-state index is 13.2. The Morgan fingerprint density at radius 1 is 0.839 bits per heavy atom. The lowest BCUT2D eigenvalue weighted by atomic mass is 10.0. The number of hydrogen-bond acceptors (Lipinski definition) is 3. The van der Waals surface area contributed by atoms with Crippen LogP contribution in [0.4, 0.5) is 11.4 Å². The van der Waals surface area contributed by atoms with Crippen LogP contribution in [0.25, 0.3) is 22.2 Å². The van der Waals surface area contributed by atoms with Crippen LogP contribution in [0.5, 0.6) is 0 Å². The largest absolute Gasteiger partial charge is 0.326 e. The Kier molecular flexibility index (Phi) is 7.05. The predicted molar refractivity (Wildman–Crippen MR) is 131 cm³/mol. The second-order valence-electron chi connectivity index (χ2n) is 6.80. The molecule has 0 aliphatic rings. The van der Waals surface area contributed by atoms with Crippen molar-refractivity contribution in [1.29, 1.82) is 0 Å². The Labute approximate surface area is 194 Å². The van der Waals surface area contributed by atoms with Crippen molar-refractivity contribution in [3.05, 3.63) is 88.9 Å². The highest BCUT2D eigenvalue weighted by Gasteiger charge is 2.14. The molecule has 0 unspecified atom stereocenters. The quantitative estimate of drug-likeness (QED) is 0.348. The van der Waals surface area contributed by atoms with E-state index in [0.717, 1.165) is 26.6 Å². The zero-order chi connectivity index (χ0) is 21.1. The molecule has 7 heteroatoms. The molecular formula is C24H19BrClN3O2. The molecule has 0 aliphatic heterocycles. The maximum Gasteiger partial charge on any atom is 0.256 e. The topological polar surface area (TPSA) is 71.1 Å². The van der Waals surface area contributed by atoms with E-state index < -0.39 is 0 Å². The fraction of sp³-hybridized carbons (Fsp3) is 0.0417. The average molecular weight is 497 g/mol. The molecule has 1 heterocycles. The van der Waals surface area contributed by atoms with Crippen LogP contribution in [-0.2, 0) is 4.79 Å². The first-order valence-corrected chi connectivity index (χ1v) is 10.1. The highest BCUT2D eigenvalue weighted by Crippen LogP contribution is 2.27. The van der Waals surface area contributed by atoms with Gasteiger partial charge in [-0.05, 0) is 42.5 Å². The second-order valence-corrected chi connectivity index (χ2v) is 7.71. The van der Waals surface area contributed by atoms with Crippen molar-refractivity contribution in [3.8, 4) is 11.3 Å². The van der Waals surface area contributed by atoms with E-state index in [1.807, 2.05) is 48.5 Å². The van der Waals surface area contributed by atoms with Gasteiger partial charge in [0.1, 0.15) is 0 Å². The number of amides is 2. The smallest absolute Gasteiger partial charge is 0.256 e. The first kappa shape index (κ1) is 22.5. The summed E-state index contributed by atoms with van der Waals surface area (Å²) in [5.74, 6) is -0.412. The lowest BCUT2D eigenvalue weighted by Gasteiger charge is -2.12. The van der Waals surface area contributed by atoms with Gasteiger partial charge in [0, 0.05) is 33.7 Å². The van der Waals surface area contributed by atoms with Gasteiger partial charge in [0.25, 0.3) is 5.91 Å². The Bertz CT molecular complexity index is 1260. The first-order chi connectivity index (χ1) is 14.5. The Morgan fingerprint density at radius 3 is 2.23 bits per heavy atom. The van der Waals surface area contributed by atoms with Crippen LogP contribution < -0.4 is 10.6 Å². The Balaban J connectivity index is 0.00000272. The van der Waals surface area contributed by atoms with Crippen LogP contribution in [0.3, 0.4) is 0 Å². The van der Waals surface area contributed by atoms with Gasteiger partial charge >= 0.3 is 0 Å². The molecule has 0 spiro atoms. The normalized spacial score (nSPS) is 10.3. The minimum Gasteiger partial charge on any atom is -0.326 e. The number of nitrogens with zero attached hydrogens (tertiary/aromatic N) is 1. The Hall–Kier alpha value is -3.22. The van der Waals surface area contributed by atoms with Crippen LogP contribution in [0.15, 0.2) is 83.3 Å². The molecule has 0 fully saturated rings. The Morgan fingerprint density at radius 2 is 1.52 bits per heavy atom. The molecule has 0 saturated heterocycles. The molecule has 0 aliphatic carbocycles. The van der Waals surface area contributed by atoms with Crippen LogP contribution in [0.2, 0.25) is 0 Å². The average Bonchev–Trinajstić information content (AvgIpc) is 2.73. The van der Waals surface area contributed by atoms with Crippen molar-refractivity contribution in [2.45, 2.75) is 6.92 Å². The van der Waals surface area contributed by atoms with Crippen molar-refractivity contribution in [3.63, 3.8) is 0 Å². The number of para-hydroxylation sites is 1. The number of benzene rings is 3. The molecule has 0 atom stereocenters. The number of carbonyl (C=O) groups is 2. The van der Waals surface area contributed by atoms with Gasteiger partial charge in [-0.2, -0.15) is 0 Å². The number of aromatic nitrogens is 1. The summed E-state index contributed by atoms with van der Waals surface area (Å²) in [7, 11) is 0. The molecule has 4 rings (SSSR count). The number of rotatable bonds is 4. The molecule has 2 N–H and O–H groups in total. The fourth-order valence-corrected chi connectivity index (χ4v) is 3.47. The lowest BCUT2D eigenvalue weighted by molar-refractivity contribution is -0.114. The number of carbonyl (C=O) groups excluding carboxylic acids is 2. The van der Waals surface area contributed by atoms with Gasteiger partial charge in [-0.25, -0.2) is 4.98 Å². The number of hydrogen-bond donors (Lipinski definition) is 2. The van der Waals surface area contributed by atoms with E-state index in [2.05, 4.69) is 26.6 Å². The number of fused-ring (bicyclic) bond motifs is 1. The molecule has 1 aromatic heterocycles. The molecule has 31 heavy (non-hydrogen) atoms. The summed E-state index contributed by atoms with van der Waals surface area (Å²) in [5.41, 5.74) is 4.13. The zero-order valence-electron chi connectivity index (χ0n) is 16.6. The standard InChI is InChI=1S/C24H18BrN3O2.ClH/c1-15(29)26-18-5-4-6-19(13-18)27-24(30)21-14-23(16-9-11-17(25)12-10-16)28-22-8-3-2-7-20(21)22;/h2-14H,1H3,(H,26,29)(H,27,30);1H. The first-order valence-electron chi connectivity index (χ1n) is 9.34. The minimum atomic E-state index is -0.244. The van der Waals surface area contributed by atoms with Crippen molar-refractivity contribution in [2.24, 2.45) is 0 Å². The lowest BCUT2D eigenvalue weighted by Crippen LogP contribution is -2.13. The van der Waals surface area contributed by atoms with Crippen LogP contribution in [0, 0.1) is 0 Å². The summed E-state index contributed by atoms with van der Waals surface area (Å²) in [5, 5.41) is 6.42. The number of nitrogens with one attached hydrogen (secondary N) is 2. The molecule has 0 bridgehead atoms. The monoisotopic (exact) mass is 495 g/mol. The summed E-state index contributed by atoms with van der Waals surface area (Å²) in [4.78, 5) is 29.2. The molecule has 2 amide bonds. The van der Waals surface area contributed by atoms with E-state index in [0.29, 0.717) is 16.9 Å². The van der Waals surface area contributed by atoms with Gasteiger partial charge in [0.2, 0.25) is 5.91 Å². The molecule has 4 aromatic rings. The third-order valence-electron chi connectivity index (χ3n) is 4.54. The van der Waals surface area contributed by atoms with E-state index in [1.54, 1.807) is 30.3 Å². The second kappa shape index (κ2) is 9.73. The fourth-order valence-electron chi connectivity index (χ4n) is 3.21. The van der Waals surface area contributed by atoms with Gasteiger partial charge in [-0.3, -0.25) is 9.59 Å². The predicted octanol–water partition coefficient (Wildman–Crippen LogP) is 6.30. The summed E-state index contributed by atoms with van der Waals surface area (Å²) in [6.07, 6.45) is 0. The van der Waals surface area contributed by atoms with Crippen LogP contribution in [0.1, 0.15) is 17.3 Å². The number of pyridine rings is 1. The van der Waals surface area contributed by atoms with Gasteiger partial charge in [0.15, 0.2) is 0 Å². The maximum atomic E-state index is 13.2. The molecule has 3 aromatic carbocycles. The van der Waals surface area contributed by atoms with Gasteiger partial charge in [-0.1, -0.05) is 52.3 Å². The SMILES string of the molecule is CC(=O)Nc1cccc(NC(=O)c2cc(-c3ccc(Br)cc3)nc3ccccc23)c1.Cl. The van der Waals surface area contributed by atoms with Crippen molar-refractivity contribution < 1.29 is 9.59 Å². The van der Waals surface area contributed by atoms with Crippen molar-refractivity contribution >= 4 is 62.4 Å². The number of anilines is 2. The highest BCUT2D eigenvalue weighted by atomic mass is 79.9. The molecule has 0 saturated carbocycles. The summed E-state index contributed by atoms with van der Waals surface area (Å²) in [6.45, 7) is 1.44. The van der Waals surface area contributed by atoms with E-state index >= 15 is 0 Å². The van der Waals surface area contributed by atoms with Gasteiger partial charge in [0.05, 0.1) is 16.8 Å². The van der Waals surface area contributed by atoms with Crippen LogP contribution in [-0.4, -0.2) is 16.8 Å². The molecule has 156 valence electrons. The third-order valence-corrected chi connectivity index (χ3v) is 5.07. The molecular weight excluding hydrogens is 478 g/mol. The zero-order valence-corrected chi connectivity index (χ0v) is 19.0.